The van der Waals surface area contributed by atoms with Crippen LogP contribution >= 0.6 is 15.9 Å². The van der Waals surface area contributed by atoms with Crippen LogP contribution in [0.25, 0.3) is 16.7 Å². The van der Waals surface area contributed by atoms with Crippen molar-refractivity contribution >= 4 is 32.9 Å². The summed E-state index contributed by atoms with van der Waals surface area (Å²) in [5.41, 5.74) is 3.69. The molecule has 0 atom stereocenters. The van der Waals surface area contributed by atoms with E-state index >= 15 is 0 Å². The highest BCUT2D eigenvalue weighted by Crippen LogP contribution is 2.23. The van der Waals surface area contributed by atoms with Crippen molar-refractivity contribution in [1.82, 2.24) is 14.1 Å². The molecule has 3 aromatic rings. The standard InChI is InChI=1S/C18H18BrN3O3/c1-4-25-15(23)10-21-14-7-5-6-11(2)16(14)22(18(21)24)13-8-12(3)17(19)20-9-13/h5-9H,4,10H2,1-3H3. The number of fused-ring (bicyclic) bond motifs is 1. The third-order valence-electron chi connectivity index (χ3n) is 4.00. The molecule has 0 saturated heterocycles. The van der Waals surface area contributed by atoms with E-state index in [0.29, 0.717) is 11.2 Å². The van der Waals surface area contributed by atoms with Gasteiger partial charge in [0.15, 0.2) is 0 Å². The van der Waals surface area contributed by atoms with Crippen LogP contribution in [-0.2, 0) is 16.1 Å². The molecule has 0 aliphatic heterocycles. The highest BCUT2D eigenvalue weighted by atomic mass is 79.9. The second-order valence-electron chi connectivity index (χ2n) is 5.75. The van der Waals surface area contributed by atoms with Gasteiger partial charge in [0.05, 0.1) is 29.5 Å². The number of rotatable bonds is 4. The Labute approximate surface area is 153 Å². The molecule has 6 nitrogen and oxygen atoms in total. The second kappa shape index (κ2) is 6.84. The van der Waals surface area contributed by atoms with Crippen molar-refractivity contribution in [3.05, 3.63) is 56.7 Å². The number of carbonyl (C=O) groups is 1. The summed E-state index contributed by atoms with van der Waals surface area (Å²) in [6.07, 6.45) is 1.64. The second-order valence-corrected chi connectivity index (χ2v) is 6.50. The first-order valence-corrected chi connectivity index (χ1v) is 8.72. The number of nitrogens with zero attached hydrogens (tertiary/aromatic N) is 3. The van der Waals surface area contributed by atoms with Crippen LogP contribution < -0.4 is 5.69 Å². The maximum Gasteiger partial charge on any atom is 0.334 e. The highest BCUT2D eigenvalue weighted by molar-refractivity contribution is 9.10. The van der Waals surface area contributed by atoms with Gasteiger partial charge in [-0.2, -0.15) is 0 Å². The molecule has 2 heterocycles. The first-order valence-electron chi connectivity index (χ1n) is 7.93. The van der Waals surface area contributed by atoms with Gasteiger partial charge in [0.2, 0.25) is 0 Å². The van der Waals surface area contributed by atoms with E-state index in [0.717, 1.165) is 21.2 Å². The summed E-state index contributed by atoms with van der Waals surface area (Å²) in [5, 5.41) is 0. The Hall–Kier alpha value is -2.41. The van der Waals surface area contributed by atoms with Crippen molar-refractivity contribution in [3.8, 4) is 5.69 Å². The van der Waals surface area contributed by atoms with Crippen molar-refractivity contribution in [2.24, 2.45) is 0 Å². The Kier molecular flexibility index (Phi) is 4.76. The number of ether oxygens (including phenoxy) is 1. The van der Waals surface area contributed by atoms with Crippen LogP contribution in [0, 0.1) is 13.8 Å². The highest BCUT2D eigenvalue weighted by Gasteiger charge is 2.19. The molecular formula is C18H18BrN3O3. The van der Waals surface area contributed by atoms with Crippen LogP contribution in [-0.4, -0.2) is 26.7 Å². The Balaban J connectivity index is 2.28. The summed E-state index contributed by atoms with van der Waals surface area (Å²) in [6, 6.07) is 7.53. The zero-order valence-corrected chi connectivity index (χ0v) is 15.8. The Morgan fingerprint density at radius 3 is 2.72 bits per heavy atom. The van der Waals surface area contributed by atoms with Gasteiger partial charge in [0.1, 0.15) is 11.1 Å². The number of halogens is 1. The lowest BCUT2D eigenvalue weighted by Gasteiger charge is -2.06. The lowest BCUT2D eigenvalue weighted by atomic mass is 10.2. The van der Waals surface area contributed by atoms with Crippen LogP contribution in [0.3, 0.4) is 0 Å². The zero-order valence-electron chi connectivity index (χ0n) is 14.2. The first kappa shape index (κ1) is 17.4. The number of hydrogen-bond donors (Lipinski definition) is 0. The van der Waals surface area contributed by atoms with E-state index < -0.39 is 5.97 Å². The lowest BCUT2D eigenvalue weighted by Crippen LogP contribution is -2.27. The predicted octanol–water partition coefficient (Wildman–Crippen LogP) is 3.13. The average molecular weight is 404 g/mol. The molecule has 0 saturated carbocycles. The molecule has 0 amide bonds. The van der Waals surface area contributed by atoms with Crippen molar-refractivity contribution in [3.63, 3.8) is 0 Å². The molecule has 3 rings (SSSR count). The summed E-state index contributed by atoms with van der Waals surface area (Å²) >= 11 is 3.37. The van der Waals surface area contributed by atoms with Crippen molar-refractivity contribution in [1.29, 1.82) is 0 Å². The van der Waals surface area contributed by atoms with Gasteiger partial charge >= 0.3 is 11.7 Å². The fourth-order valence-electron chi connectivity index (χ4n) is 2.87. The molecule has 0 bridgehead atoms. The average Bonchev–Trinajstić information content (AvgIpc) is 2.84. The van der Waals surface area contributed by atoms with Crippen molar-refractivity contribution < 1.29 is 9.53 Å². The van der Waals surface area contributed by atoms with Crippen LogP contribution in [0.2, 0.25) is 0 Å². The maximum absolute atomic E-state index is 13.1. The van der Waals surface area contributed by atoms with E-state index in [-0.39, 0.29) is 18.8 Å². The van der Waals surface area contributed by atoms with E-state index in [4.69, 9.17) is 4.74 Å². The topological polar surface area (TPSA) is 66.1 Å². The minimum atomic E-state index is -0.435. The molecule has 0 spiro atoms. The minimum Gasteiger partial charge on any atom is -0.465 e. The Morgan fingerprint density at radius 2 is 2.04 bits per heavy atom. The zero-order chi connectivity index (χ0) is 18.1. The number of benzene rings is 1. The van der Waals surface area contributed by atoms with Crippen molar-refractivity contribution in [2.45, 2.75) is 27.3 Å². The summed E-state index contributed by atoms with van der Waals surface area (Å²) in [4.78, 5) is 29.3. The van der Waals surface area contributed by atoms with E-state index in [1.807, 2.05) is 38.1 Å². The van der Waals surface area contributed by atoms with Gasteiger partial charge in [-0.1, -0.05) is 12.1 Å². The molecule has 0 aliphatic carbocycles. The maximum atomic E-state index is 13.1. The number of pyridine rings is 1. The summed E-state index contributed by atoms with van der Waals surface area (Å²) in [6.45, 7) is 5.75. The van der Waals surface area contributed by atoms with Gasteiger partial charge in [-0.05, 0) is 60.0 Å². The number of carbonyl (C=O) groups excluding carboxylic acids is 1. The van der Waals surface area contributed by atoms with E-state index in [9.17, 15) is 9.59 Å². The number of aryl methyl sites for hydroxylation is 2. The van der Waals surface area contributed by atoms with E-state index in [1.165, 1.54) is 4.57 Å². The number of para-hydroxylation sites is 1. The van der Waals surface area contributed by atoms with Crippen LogP contribution in [0.5, 0.6) is 0 Å². The lowest BCUT2D eigenvalue weighted by molar-refractivity contribution is -0.143. The molecule has 0 fully saturated rings. The van der Waals surface area contributed by atoms with Crippen LogP contribution in [0.1, 0.15) is 18.1 Å². The third-order valence-corrected chi connectivity index (χ3v) is 4.83. The van der Waals surface area contributed by atoms with Gasteiger partial charge in [-0.15, -0.1) is 0 Å². The molecule has 130 valence electrons. The van der Waals surface area contributed by atoms with Gasteiger partial charge in [0.25, 0.3) is 0 Å². The number of esters is 1. The monoisotopic (exact) mass is 403 g/mol. The van der Waals surface area contributed by atoms with Gasteiger partial charge in [-0.3, -0.25) is 13.9 Å². The molecule has 7 heteroatoms. The first-order chi connectivity index (χ1) is 11.9. The van der Waals surface area contributed by atoms with Crippen LogP contribution in [0.4, 0.5) is 0 Å². The normalized spacial score (nSPS) is 11.0. The quantitative estimate of drug-likeness (QED) is 0.495. The third kappa shape index (κ3) is 3.11. The summed E-state index contributed by atoms with van der Waals surface area (Å²) in [7, 11) is 0. The molecule has 0 N–H and O–H groups in total. The van der Waals surface area contributed by atoms with E-state index in [1.54, 1.807) is 17.7 Å². The molecule has 0 radical (unpaired) electrons. The molecule has 2 aromatic heterocycles. The molecule has 0 aliphatic rings. The fourth-order valence-corrected chi connectivity index (χ4v) is 3.08. The fraction of sp³-hybridized carbons (Fsp3) is 0.278. The number of hydrogen-bond acceptors (Lipinski definition) is 4. The molecule has 25 heavy (non-hydrogen) atoms. The molecular weight excluding hydrogens is 386 g/mol. The summed E-state index contributed by atoms with van der Waals surface area (Å²) < 4.78 is 8.77. The van der Waals surface area contributed by atoms with Crippen molar-refractivity contribution in [2.75, 3.05) is 6.61 Å². The Bertz CT molecular complexity index is 1020. The van der Waals surface area contributed by atoms with E-state index in [2.05, 4.69) is 20.9 Å². The minimum absolute atomic E-state index is 0.122. The predicted molar refractivity (Wildman–Crippen MR) is 99.1 cm³/mol. The van der Waals surface area contributed by atoms with Gasteiger partial charge < -0.3 is 4.74 Å². The number of aromatic nitrogens is 3. The summed E-state index contributed by atoms with van der Waals surface area (Å²) in [5.74, 6) is -0.435. The van der Waals surface area contributed by atoms with Gasteiger partial charge in [-0.25, -0.2) is 9.78 Å². The van der Waals surface area contributed by atoms with Crippen LogP contribution in [0.15, 0.2) is 39.9 Å². The molecule has 1 aromatic carbocycles. The number of imidazole rings is 1. The largest absolute Gasteiger partial charge is 0.465 e. The Morgan fingerprint density at radius 1 is 1.28 bits per heavy atom. The smallest absolute Gasteiger partial charge is 0.334 e. The SMILES string of the molecule is CCOC(=O)Cn1c(=O)n(-c2cnc(Br)c(C)c2)c2c(C)cccc21. The van der Waals surface area contributed by atoms with Gasteiger partial charge in [0, 0.05) is 0 Å². The molecule has 0 unspecified atom stereocenters.